The molecular weight excluding hydrogens is 304 g/mol. The number of likely N-dealkylation sites (tertiary alicyclic amines) is 1. The molecule has 2 rings (SSSR count). The van der Waals surface area contributed by atoms with E-state index in [1.165, 1.54) is 37.7 Å². The first-order valence-corrected chi connectivity index (χ1v) is 8.55. The SMILES string of the molecule is CCC1CCCCN1C(=S)Nc1sc(C)cc1C(=O)OC. The normalized spacial score (nSPS) is 18.4. The van der Waals surface area contributed by atoms with Crippen molar-refractivity contribution in [1.29, 1.82) is 0 Å². The van der Waals surface area contributed by atoms with Crippen LogP contribution in [0.5, 0.6) is 0 Å². The Kier molecular flexibility index (Phi) is 5.58. The lowest BCUT2D eigenvalue weighted by Gasteiger charge is -2.37. The number of hydrogen-bond donors (Lipinski definition) is 1. The molecule has 1 N–H and O–H groups in total. The first kappa shape index (κ1) is 16.2. The Morgan fingerprint density at radius 2 is 2.33 bits per heavy atom. The van der Waals surface area contributed by atoms with Crippen molar-refractivity contribution in [3.63, 3.8) is 0 Å². The van der Waals surface area contributed by atoms with Crippen LogP contribution in [0.15, 0.2) is 6.07 Å². The van der Waals surface area contributed by atoms with E-state index in [4.69, 9.17) is 17.0 Å². The number of anilines is 1. The molecule has 1 saturated heterocycles. The van der Waals surface area contributed by atoms with Crippen LogP contribution in [0.1, 0.15) is 47.8 Å². The summed E-state index contributed by atoms with van der Waals surface area (Å²) in [6.07, 6.45) is 4.72. The molecule has 4 nitrogen and oxygen atoms in total. The van der Waals surface area contributed by atoms with Gasteiger partial charge in [0.2, 0.25) is 0 Å². The van der Waals surface area contributed by atoms with E-state index in [0.29, 0.717) is 16.7 Å². The van der Waals surface area contributed by atoms with Crippen molar-refractivity contribution in [1.82, 2.24) is 4.90 Å². The molecule has 1 unspecified atom stereocenters. The van der Waals surface area contributed by atoms with Crippen LogP contribution in [-0.4, -0.2) is 35.7 Å². The van der Waals surface area contributed by atoms with Crippen LogP contribution in [-0.2, 0) is 4.74 Å². The minimum atomic E-state index is -0.324. The van der Waals surface area contributed by atoms with Gasteiger partial charge in [-0.25, -0.2) is 4.79 Å². The lowest BCUT2D eigenvalue weighted by Crippen LogP contribution is -2.45. The zero-order chi connectivity index (χ0) is 15.4. The molecule has 1 aromatic heterocycles. The van der Waals surface area contributed by atoms with E-state index < -0.39 is 0 Å². The summed E-state index contributed by atoms with van der Waals surface area (Å²) in [5.41, 5.74) is 0.562. The van der Waals surface area contributed by atoms with Gasteiger partial charge in [0.05, 0.1) is 12.7 Å². The molecular formula is C15H22N2O2S2. The fraction of sp³-hybridized carbons (Fsp3) is 0.600. The maximum atomic E-state index is 11.8. The molecule has 1 atom stereocenters. The molecule has 0 aromatic carbocycles. The Bertz CT molecular complexity index is 528. The average Bonchev–Trinajstić information content (AvgIpc) is 2.86. The predicted octanol–water partition coefficient (Wildman–Crippen LogP) is 3.80. The molecule has 1 fully saturated rings. The number of nitrogens with zero attached hydrogens (tertiary/aromatic N) is 1. The zero-order valence-electron chi connectivity index (χ0n) is 12.8. The quantitative estimate of drug-likeness (QED) is 0.676. The predicted molar refractivity (Wildman–Crippen MR) is 91.3 cm³/mol. The van der Waals surface area contributed by atoms with Crippen LogP contribution in [0.25, 0.3) is 0 Å². The van der Waals surface area contributed by atoms with E-state index >= 15 is 0 Å². The highest BCUT2D eigenvalue weighted by molar-refractivity contribution is 7.80. The Morgan fingerprint density at radius 3 is 3.00 bits per heavy atom. The monoisotopic (exact) mass is 326 g/mol. The number of piperidine rings is 1. The topological polar surface area (TPSA) is 41.6 Å². The summed E-state index contributed by atoms with van der Waals surface area (Å²) in [7, 11) is 1.40. The summed E-state index contributed by atoms with van der Waals surface area (Å²) in [6.45, 7) is 5.16. The third kappa shape index (κ3) is 3.74. The van der Waals surface area contributed by atoms with Gasteiger partial charge >= 0.3 is 5.97 Å². The van der Waals surface area contributed by atoms with Crippen LogP contribution >= 0.6 is 23.6 Å². The molecule has 0 spiro atoms. The second-order valence-electron chi connectivity index (χ2n) is 5.27. The van der Waals surface area contributed by atoms with Gasteiger partial charge in [-0.1, -0.05) is 6.92 Å². The van der Waals surface area contributed by atoms with Crippen LogP contribution < -0.4 is 5.32 Å². The maximum absolute atomic E-state index is 11.8. The van der Waals surface area contributed by atoms with Gasteiger partial charge in [0.15, 0.2) is 5.11 Å². The number of nitrogens with one attached hydrogen (secondary N) is 1. The van der Waals surface area contributed by atoms with E-state index in [1.807, 2.05) is 13.0 Å². The molecule has 0 amide bonds. The summed E-state index contributed by atoms with van der Waals surface area (Å²) in [6, 6.07) is 2.34. The van der Waals surface area contributed by atoms with Gasteiger partial charge in [-0.15, -0.1) is 11.3 Å². The van der Waals surface area contributed by atoms with Gasteiger partial charge < -0.3 is 15.0 Å². The first-order chi connectivity index (χ1) is 10.1. The van der Waals surface area contributed by atoms with Crippen LogP contribution in [0, 0.1) is 6.92 Å². The molecule has 0 saturated carbocycles. The first-order valence-electron chi connectivity index (χ1n) is 7.33. The number of hydrogen-bond acceptors (Lipinski definition) is 4. The molecule has 1 aliphatic rings. The molecule has 1 aliphatic heterocycles. The van der Waals surface area contributed by atoms with Gasteiger partial charge in [-0.05, 0) is 50.9 Å². The molecule has 1 aromatic rings. The summed E-state index contributed by atoms with van der Waals surface area (Å²) in [4.78, 5) is 15.1. The van der Waals surface area contributed by atoms with E-state index in [0.717, 1.165) is 22.8 Å². The standard InChI is InChI=1S/C15H22N2O2S2/c1-4-11-7-5-6-8-17(11)15(20)16-13-12(14(18)19-3)9-10(2)21-13/h9,11H,4-8H2,1-3H3,(H,16,20). The van der Waals surface area contributed by atoms with Crippen molar-refractivity contribution >= 4 is 39.6 Å². The molecule has 116 valence electrons. The zero-order valence-corrected chi connectivity index (χ0v) is 14.4. The van der Waals surface area contributed by atoms with Crippen molar-refractivity contribution < 1.29 is 9.53 Å². The van der Waals surface area contributed by atoms with E-state index in [1.54, 1.807) is 0 Å². The van der Waals surface area contributed by atoms with Crippen molar-refractivity contribution in [3.8, 4) is 0 Å². The highest BCUT2D eigenvalue weighted by Gasteiger charge is 2.24. The number of rotatable bonds is 3. The number of thiophene rings is 1. The van der Waals surface area contributed by atoms with E-state index in [-0.39, 0.29) is 5.97 Å². The number of thiocarbonyl (C=S) groups is 1. The summed E-state index contributed by atoms with van der Waals surface area (Å²) in [5.74, 6) is -0.324. The molecule has 0 aliphatic carbocycles. The lowest BCUT2D eigenvalue weighted by molar-refractivity contribution is 0.0602. The number of ether oxygens (including phenoxy) is 1. The summed E-state index contributed by atoms with van der Waals surface area (Å²) >= 11 is 7.09. The number of methoxy groups -OCH3 is 1. The number of carbonyl (C=O) groups excluding carboxylic acids is 1. The minimum absolute atomic E-state index is 0.324. The Hall–Kier alpha value is -1.14. The van der Waals surface area contributed by atoms with Gasteiger partial charge in [-0.2, -0.15) is 0 Å². The van der Waals surface area contributed by atoms with Crippen molar-refractivity contribution in [2.45, 2.75) is 45.6 Å². The van der Waals surface area contributed by atoms with Gasteiger partial charge in [-0.3, -0.25) is 0 Å². The van der Waals surface area contributed by atoms with E-state index in [9.17, 15) is 4.79 Å². The second kappa shape index (κ2) is 7.22. The molecule has 0 bridgehead atoms. The van der Waals surface area contributed by atoms with Crippen molar-refractivity contribution in [2.75, 3.05) is 19.0 Å². The number of esters is 1. The van der Waals surface area contributed by atoms with Crippen LogP contribution in [0.4, 0.5) is 5.00 Å². The minimum Gasteiger partial charge on any atom is -0.465 e. The second-order valence-corrected chi connectivity index (χ2v) is 6.92. The highest BCUT2D eigenvalue weighted by atomic mass is 32.1. The Morgan fingerprint density at radius 1 is 1.57 bits per heavy atom. The highest BCUT2D eigenvalue weighted by Crippen LogP contribution is 2.29. The van der Waals surface area contributed by atoms with Crippen LogP contribution in [0.3, 0.4) is 0 Å². The van der Waals surface area contributed by atoms with Gasteiger partial charge in [0.25, 0.3) is 0 Å². The molecule has 0 radical (unpaired) electrons. The van der Waals surface area contributed by atoms with Gasteiger partial charge in [0.1, 0.15) is 5.00 Å². The smallest absolute Gasteiger partial charge is 0.340 e. The largest absolute Gasteiger partial charge is 0.465 e. The Labute approximate surface area is 135 Å². The summed E-state index contributed by atoms with van der Waals surface area (Å²) in [5, 5.41) is 4.75. The number of aryl methyl sites for hydroxylation is 1. The van der Waals surface area contributed by atoms with Crippen molar-refractivity contribution in [3.05, 3.63) is 16.5 Å². The fourth-order valence-electron chi connectivity index (χ4n) is 2.73. The maximum Gasteiger partial charge on any atom is 0.340 e. The number of carbonyl (C=O) groups is 1. The molecule has 6 heteroatoms. The van der Waals surface area contributed by atoms with Crippen molar-refractivity contribution in [2.24, 2.45) is 0 Å². The Balaban J connectivity index is 2.13. The summed E-state index contributed by atoms with van der Waals surface area (Å²) < 4.78 is 4.83. The van der Waals surface area contributed by atoms with Crippen LogP contribution in [0.2, 0.25) is 0 Å². The van der Waals surface area contributed by atoms with Gasteiger partial charge in [0, 0.05) is 17.5 Å². The lowest BCUT2D eigenvalue weighted by atomic mass is 10.0. The molecule has 21 heavy (non-hydrogen) atoms. The average molecular weight is 326 g/mol. The molecule has 2 heterocycles. The van der Waals surface area contributed by atoms with E-state index in [2.05, 4.69) is 17.1 Å². The third-order valence-electron chi connectivity index (χ3n) is 3.84. The third-order valence-corrected chi connectivity index (χ3v) is 5.14. The fourth-order valence-corrected chi connectivity index (χ4v) is 4.04.